The lowest BCUT2D eigenvalue weighted by molar-refractivity contribution is -0.302. The van der Waals surface area contributed by atoms with Crippen molar-refractivity contribution in [2.24, 2.45) is 5.10 Å². The van der Waals surface area contributed by atoms with Crippen molar-refractivity contribution in [2.75, 3.05) is 7.11 Å². The van der Waals surface area contributed by atoms with Crippen LogP contribution in [-0.4, -0.2) is 40.7 Å². The molecule has 0 saturated heterocycles. The van der Waals surface area contributed by atoms with E-state index in [2.05, 4.69) is 5.10 Å². The number of benzene rings is 1. The Morgan fingerprint density at radius 3 is 2.57 bits per heavy atom. The Hall–Kier alpha value is -2.60. The van der Waals surface area contributed by atoms with Gasteiger partial charge >= 0.3 is 6.18 Å². The minimum Gasteiger partial charge on any atom is -0.497 e. The number of nitrogens with zero attached hydrogens (tertiary/aromatic N) is 3. The summed E-state index contributed by atoms with van der Waals surface area (Å²) in [5.41, 5.74) is -3.27. The number of aliphatic hydroxyl groups is 1. The van der Waals surface area contributed by atoms with Gasteiger partial charge in [-0.05, 0) is 29.8 Å². The van der Waals surface area contributed by atoms with Crippen molar-refractivity contribution in [3.63, 3.8) is 0 Å². The van der Waals surface area contributed by atoms with Crippen LogP contribution in [0.25, 0.3) is 0 Å². The van der Waals surface area contributed by atoms with Gasteiger partial charge in [-0.1, -0.05) is 0 Å². The summed E-state index contributed by atoms with van der Waals surface area (Å²) in [6, 6.07) is 7.41. The topological polar surface area (TPSA) is 85.9 Å². The number of nitriles is 1. The fourth-order valence-electron chi connectivity index (χ4n) is 2.12. The lowest BCUT2D eigenvalue weighted by atomic mass is 10.0. The summed E-state index contributed by atoms with van der Waals surface area (Å²) in [5, 5.41) is 22.0. The van der Waals surface area contributed by atoms with Crippen molar-refractivity contribution < 1.29 is 27.8 Å². The van der Waals surface area contributed by atoms with Crippen LogP contribution in [0.3, 0.4) is 0 Å². The molecule has 1 aliphatic rings. The minimum absolute atomic E-state index is 0.0597. The van der Waals surface area contributed by atoms with Crippen molar-refractivity contribution in [3.8, 4) is 11.8 Å². The van der Waals surface area contributed by atoms with Gasteiger partial charge in [-0.15, -0.1) is 0 Å². The molecule has 1 heterocycles. The quantitative estimate of drug-likeness (QED) is 0.917. The first kappa shape index (κ1) is 16.8. The molecule has 0 bridgehead atoms. The Bertz CT molecular complexity index is 679. The summed E-state index contributed by atoms with van der Waals surface area (Å²) in [6.45, 7) is 0. The third-order valence-corrected chi connectivity index (χ3v) is 3.33. The summed E-state index contributed by atoms with van der Waals surface area (Å²) in [5.74, 6) is -0.730. The van der Waals surface area contributed by atoms with Crippen LogP contribution in [0.5, 0.6) is 5.75 Å². The van der Waals surface area contributed by atoms with Crippen molar-refractivity contribution >= 4 is 11.6 Å². The number of hydrogen-bond donors (Lipinski definition) is 1. The number of hydrazone groups is 1. The average molecular weight is 327 g/mol. The fourth-order valence-corrected chi connectivity index (χ4v) is 2.12. The number of rotatable bonds is 3. The van der Waals surface area contributed by atoms with Gasteiger partial charge in [-0.25, -0.2) is 0 Å². The monoisotopic (exact) mass is 327 g/mol. The molecule has 0 aliphatic carbocycles. The molecule has 0 aromatic heterocycles. The smallest absolute Gasteiger partial charge is 0.438 e. The fraction of sp³-hybridized carbons (Fsp3) is 0.357. The number of methoxy groups -OCH3 is 1. The first-order valence-corrected chi connectivity index (χ1v) is 6.44. The van der Waals surface area contributed by atoms with Crippen LogP contribution in [0.4, 0.5) is 13.2 Å². The van der Waals surface area contributed by atoms with E-state index in [0.29, 0.717) is 11.3 Å². The van der Waals surface area contributed by atoms with Crippen LogP contribution >= 0.6 is 0 Å². The summed E-state index contributed by atoms with van der Waals surface area (Å²) in [7, 11) is 1.44. The molecule has 0 radical (unpaired) electrons. The summed E-state index contributed by atoms with van der Waals surface area (Å²) < 4.78 is 44.5. The zero-order valence-corrected chi connectivity index (χ0v) is 12.0. The molecule has 1 aliphatic heterocycles. The van der Waals surface area contributed by atoms with Crippen LogP contribution in [0.1, 0.15) is 18.4 Å². The van der Waals surface area contributed by atoms with Crippen LogP contribution in [-0.2, 0) is 4.79 Å². The van der Waals surface area contributed by atoms with Crippen molar-refractivity contribution in [2.45, 2.75) is 24.7 Å². The Kier molecular flexibility index (Phi) is 4.29. The number of alkyl halides is 3. The van der Waals surface area contributed by atoms with E-state index in [0.717, 1.165) is 0 Å². The van der Waals surface area contributed by atoms with Crippen LogP contribution in [0.15, 0.2) is 29.4 Å². The lowest BCUT2D eigenvalue weighted by Gasteiger charge is -2.32. The highest BCUT2D eigenvalue weighted by Gasteiger charge is 2.63. The Morgan fingerprint density at radius 2 is 2.09 bits per heavy atom. The van der Waals surface area contributed by atoms with Gasteiger partial charge < -0.3 is 9.84 Å². The van der Waals surface area contributed by atoms with E-state index in [1.54, 1.807) is 0 Å². The van der Waals surface area contributed by atoms with E-state index >= 15 is 0 Å². The Morgan fingerprint density at radius 1 is 1.48 bits per heavy atom. The molecular weight excluding hydrogens is 315 g/mol. The molecule has 0 unspecified atom stereocenters. The Balaban J connectivity index is 2.40. The molecule has 0 spiro atoms. The maximum absolute atomic E-state index is 13.2. The van der Waals surface area contributed by atoms with E-state index in [-0.39, 0.29) is 10.7 Å². The Labute approximate surface area is 129 Å². The molecule has 1 atom stereocenters. The molecule has 0 fully saturated rings. The second-order valence-corrected chi connectivity index (χ2v) is 4.81. The highest BCUT2D eigenvalue weighted by atomic mass is 19.4. The highest BCUT2D eigenvalue weighted by molar-refractivity contribution is 6.03. The zero-order chi connectivity index (χ0) is 17.3. The molecule has 1 aromatic rings. The highest BCUT2D eigenvalue weighted by Crippen LogP contribution is 2.41. The van der Waals surface area contributed by atoms with E-state index in [1.165, 1.54) is 37.4 Å². The standard InChI is InChI=1S/C14H12F3N3O3/c1-23-10-4-2-9(3-5-10)11-8-13(22,14(15,16)17)20(19-11)12(21)6-7-18/h2-5,22H,6,8H2,1H3/t13-/m0/s1. The van der Waals surface area contributed by atoms with Gasteiger partial charge in [0.2, 0.25) is 0 Å². The molecule has 1 N–H and O–H groups in total. The molecule has 9 heteroatoms. The van der Waals surface area contributed by atoms with Crippen molar-refractivity contribution in [3.05, 3.63) is 29.8 Å². The molecule has 6 nitrogen and oxygen atoms in total. The van der Waals surface area contributed by atoms with Gasteiger partial charge in [-0.2, -0.15) is 28.5 Å². The first-order valence-electron chi connectivity index (χ1n) is 6.44. The van der Waals surface area contributed by atoms with Crippen molar-refractivity contribution in [1.82, 2.24) is 5.01 Å². The van der Waals surface area contributed by atoms with Gasteiger partial charge in [0.05, 0.1) is 25.3 Å². The average Bonchev–Trinajstić information content (AvgIpc) is 2.87. The predicted octanol–water partition coefficient (Wildman–Crippen LogP) is 1.80. The molecule has 1 amide bonds. The van der Waals surface area contributed by atoms with Gasteiger partial charge in [0, 0.05) is 0 Å². The van der Waals surface area contributed by atoms with Gasteiger partial charge in [-0.3, -0.25) is 4.79 Å². The van der Waals surface area contributed by atoms with E-state index in [4.69, 9.17) is 10.00 Å². The number of carbonyl (C=O) groups is 1. The molecular formula is C14H12F3N3O3. The molecule has 2 rings (SSSR count). The van der Waals surface area contributed by atoms with Gasteiger partial charge in [0.25, 0.3) is 11.6 Å². The second kappa shape index (κ2) is 5.89. The summed E-state index contributed by atoms with van der Waals surface area (Å²) in [6.07, 6.45) is -6.85. The maximum Gasteiger partial charge on any atom is 0.438 e. The third kappa shape index (κ3) is 2.98. The molecule has 23 heavy (non-hydrogen) atoms. The largest absolute Gasteiger partial charge is 0.497 e. The van der Waals surface area contributed by atoms with E-state index in [1.807, 2.05) is 0 Å². The van der Waals surface area contributed by atoms with E-state index < -0.39 is 30.7 Å². The maximum atomic E-state index is 13.2. The van der Waals surface area contributed by atoms with Crippen molar-refractivity contribution in [1.29, 1.82) is 5.26 Å². The molecule has 1 aromatic carbocycles. The van der Waals surface area contributed by atoms with E-state index in [9.17, 15) is 23.1 Å². The zero-order valence-electron chi connectivity index (χ0n) is 12.0. The summed E-state index contributed by atoms with van der Waals surface area (Å²) >= 11 is 0. The van der Waals surface area contributed by atoms with Gasteiger partial charge in [0.1, 0.15) is 12.2 Å². The van der Waals surface area contributed by atoms with Crippen LogP contribution in [0, 0.1) is 11.3 Å². The lowest BCUT2D eigenvalue weighted by Crippen LogP contribution is -2.56. The first-order chi connectivity index (χ1) is 10.7. The molecule has 122 valence electrons. The number of carbonyl (C=O) groups excluding carboxylic acids is 1. The minimum atomic E-state index is -5.12. The number of hydrogen-bond acceptors (Lipinski definition) is 5. The predicted molar refractivity (Wildman–Crippen MR) is 72.2 cm³/mol. The number of ether oxygens (including phenoxy) is 1. The number of amides is 1. The third-order valence-electron chi connectivity index (χ3n) is 3.33. The van der Waals surface area contributed by atoms with Crippen LogP contribution < -0.4 is 4.74 Å². The SMILES string of the molecule is COc1ccc(C2=NN(C(=O)CC#N)[C@@](O)(C(F)(F)F)C2)cc1. The summed E-state index contributed by atoms with van der Waals surface area (Å²) in [4.78, 5) is 11.7. The normalized spacial score (nSPS) is 20.9. The van der Waals surface area contributed by atoms with Gasteiger partial charge in [0.15, 0.2) is 0 Å². The second-order valence-electron chi connectivity index (χ2n) is 4.81. The van der Waals surface area contributed by atoms with Crippen LogP contribution in [0.2, 0.25) is 0 Å². The number of halogens is 3. The molecule has 0 saturated carbocycles.